The molecule has 6 nitrogen and oxygen atoms in total. The first-order valence-corrected chi connectivity index (χ1v) is 7.73. The van der Waals surface area contributed by atoms with Crippen molar-refractivity contribution >= 4 is 21.7 Å². The summed E-state index contributed by atoms with van der Waals surface area (Å²) in [5.41, 5.74) is 0.251. The van der Waals surface area contributed by atoms with Crippen LogP contribution in [0.5, 0.6) is 0 Å². The van der Waals surface area contributed by atoms with E-state index in [1.165, 1.54) is 25.1 Å². The van der Waals surface area contributed by atoms with Crippen molar-refractivity contribution in [2.75, 3.05) is 6.54 Å². The van der Waals surface area contributed by atoms with Crippen molar-refractivity contribution < 1.29 is 23.1 Å². The Labute approximate surface area is 123 Å². The Morgan fingerprint density at radius 2 is 2.05 bits per heavy atom. The van der Waals surface area contributed by atoms with Crippen LogP contribution in [-0.4, -0.2) is 37.2 Å². The maximum absolute atomic E-state index is 12.5. The highest BCUT2D eigenvalue weighted by Gasteiger charge is 2.31. The molecule has 0 saturated carbocycles. The largest absolute Gasteiger partial charge is 0.478 e. The van der Waals surface area contributed by atoms with E-state index in [4.69, 9.17) is 5.11 Å². The van der Waals surface area contributed by atoms with E-state index >= 15 is 0 Å². The predicted octanol–water partition coefficient (Wildman–Crippen LogP) is 1.16. The molecule has 1 rings (SSSR count). The van der Waals surface area contributed by atoms with Crippen LogP contribution in [0.1, 0.15) is 22.8 Å². The molecule has 7 heteroatoms. The van der Waals surface area contributed by atoms with Gasteiger partial charge in [-0.3, -0.25) is 4.79 Å². The summed E-state index contributed by atoms with van der Waals surface area (Å²) in [7, 11) is -3.96. The van der Waals surface area contributed by atoms with Gasteiger partial charge in [0, 0.05) is 6.54 Å². The standard InChI is InChI=1S/C14H17NO5S/c1-4-7-15-13(16)10(3)21(19,20)12-8-11(14(17)18)6-5-9(12)2/h4-6,8,10H,1,7H2,2-3H3,(H,15,16)(H,17,18). The molecule has 114 valence electrons. The topological polar surface area (TPSA) is 101 Å². The first-order chi connectivity index (χ1) is 9.71. The van der Waals surface area contributed by atoms with Gasteiger partial charge in [0.25, 0.3) is 0 Å². The molecule has 1 amide bonds. The molecule has 0 fully saturated rings. The first-order valence-electron chi connectivity index (χ1n) is 6.18. The smallest absolute Gasteiger partial charge is 0.335 e. The zero-order valence-electron chi connectivity index (χ0n) is 11.8. The number of carboxylic acid groups (broad SMARTS) is 1. The highest BCUT2D eigenvalue weighted by Crippen LogP contribution is 2.22. The molecule has 0 heterocycles. The lowest BCUT2D eigenvalue weighted by Crippen LogP contribution is -2.38. The monoisotopic (exact) mass is 311 g/mol. The van der Waals surface area contributed by atoms with Crippen LogP contribution in [0.2, 0.25) is 0 Å². The van der Waals surface area contributed by atoms with Gasteiger partial charge in [-0.1, -0.05) is 12.1 Å². The van der Waals surface area contributed by atoms with E-state index in [9.17, 15) is 18.0 Å². The number of hydrogen-bond donors (Lipinski definition) is 2. The number of hydrogen-bond acceptors (Lipinski definition) is 4. The van der Waals surface area contributed by atoms with Crippen LogP contribution in [-0.2, 0) is 14.6 Å². The van der Waals surface area contributed by atoms with Crippen LogP contribution in [0.15, 0.2) is 35.7 Å². The molecule has 0 saturated heterocycles. The number of sulfone groups is 1. The van der Waals surface area contributed by atoms with Gasteiger partial charge in [0.2, 0.25) is 5.91 Å². The summed E-state index contributed by atoms with van der Waals surface area (Å²) >= 11 is 0. The van der Waals surface area contributed by atoms with Crippen LogP contribution in [0.4, 0.5) is 0 Å². The van der Waals surface area contributed by atoms with Crippen molar-refractivity contribution in [1.29, 1.82) is 0 Å². The number of carboxylic acids is 1. The molecular weight excluding hydrogens is 294 g/mol. The van der Waals surface area contributed by atoms with Gasteiger partial charge in [-0.15, -0.1) is 6.58 Å². The van der Waals surface area contributed by atoms with Gasteiger partial charge in [-0.25, -0.2) is 13.2 Å². The zero-order chi connectivity index (χ0) is 16.2. The molecule has 1 atom stereocenters. The van der Waals surface area contributed by atoms with Crippen LogP contribution in [0, 0.1) is 6.92 Å². The van der Waals surface area contributed by atoms with Crippen molar-refractivity contribution in [3.63, 3.8) is 0 Å². The second kappa shape index (κ2) is 6.53. The van der Waals surface area contributed by atoms with Crippen molar-refractivity contribution in [3.8, 4) is 0 Å². The Bertz CT molecular complexity index is 679. The maximum atomic E-state index is 12.5. The first kappa shape index (κ1) is 16.9. The average Bonchev–Trinajstić information content (AvgIpc) is 2.43. The molecule has 1 aromatic rings. The Balaban J connectivity index is 3.24. The van der Waals surface area contributed by atoms with Crippen molar-refractivity contribution in [1.82, 2.24) is 5.32 Å². The fourth-order valence-electron chi connectivity index (χ4n) is 1.69. The van der Waals surface area contributed by atoms with Gasteiger partial charge >= 0.3 is 5.97 Å². The minimum absolute atomic E-state index is 0.141. The molecular formula is C14H17NO5S. The lowest BCUT2D eigenvalue weighted by molar-refractivity contribution is -0.120. The third-order valence-electron chi connectivity index (χ3n) is 3.00. The number of carbonyl (C=O) groups is 2. The summed E-state index contributed by atoms with van der Waals surface area (Å²) in [5.74, 6) is -1.88. The molecule has 0 spiro atoms. The molecule has 21 heavy (non-hydrogen) atoms. The zero-order valence-corrected chi connectivity index (χ0v) is 12.6. The summed E-state index contributed by atoms with van der Waals surface area (Å²) in [5, 5.41) is 10.0. The molecule has 0 aliphatic heterocycles. The highest BCUT2D eigenvalue weighted by molar-refractivity contribution is 7.92. The third-order valence-corrected chi connectivity index (χ3v) is 5.19. The number of carbonyl (C=O) groups excluding carboxylic acids is 1. The van der Waals surface area contributed by atoms with Crippen molar-refractivity contribution in [3.05, 3.63) is 42.0 Å². The van der Waals surface area contributed by atoms with Gasteiger partial charge in [0.05, 0.1) is 10.5 Å². The van der Waals surface area contributed by atoms with E-state index in [1.54, 1.807) is 6.92 Å². The van der Waals surface area contributed by atoms with Crippen molar-refractivity contribution in [2.24, 2.45) is 0 Å². The van der Waals surface area contributed by atoms with Crippen LogP contribution in [0.25, 0.3) is 0 Å². The quantitative estimate of drug-likeness (QED) is 0.768. The summed E-state index contributed by atoms with van der Waals surface area (Å²) in [6.07, 6.45) is 1.44. The van der Waals surface area contributed by atoms with E-state index in [2.05, 4.69) is 11.9 Å². The minimum atomic E-state index is -3.96. The summed E-state index contributed by atoms with van der Waals surface area (Å²) in [6, 6.07) is 3.80. The van der Waals surface area contributed by atoms with Crippen molar-refractivity contribution in [2.45, 2.75) is 24.0 Å². The Hall–Kier alpha value is -2.15. The number of amides is 1. The Morgan fingerprint density at radius 3 is 2.57 bits per heavy atom. The van der Waals surface area contributed by atoms with Crippen LogP contribution >= 0.6 is 0 Å². The molecule has 0 aromatic heterocycles. The van der Waals surface area contributed by atoms with E-state index in [0.29, 0.717) is 5.56 Å². The lowest BCUT2D eigenvalue weighted by atomic mass is 10.1. The van der Waals surface area contributed by atoms with Gasteiger partial charge in [-0.05, 0) is 31.5 Å². The molecule has 1 unspecified atom stereocenters. The molecule has 0 aliphatic rings. The second-order valence-electron chi connectivity index (χ2n) is 4.51. The summed E-state index contributed by atoms with van der Waals surface area (Å²) < 4.78 is 24.9. The fraction of sp³-hybridized carbons (Fsp3) is 0.286. The van der Waals surface area contributed by atoms with E-state index < -0.39 is 27.0 Å². The van der Waals surface area contributed by atoms with Gasteiger partial charge in [0.1, 0.15) is 5.25 Å². The second-order valence-corrected chi connectivity index (χ2v) is 6.74. The molecule has 1 aromatic carbocycles. The number of aryl methyl sites for hydroxylation is 1. The van der Waals surface area contributed by atoms with E-state index in [0.717, 1.165) is 6.07 Å². The third kappa shape index (κ3) is 3.69. The molecule has 0 radical (unpaired) electrons. The Morgan fingerprint density at radius 1 is 1.43 bits per heavy atom. The summed E-state index contributed by atoms with van der Waals surface area (Å²) in [4.78, 5) is 22.6. The van der Waals surface area contributed by atoms with E-state index in [-0.39, 0.29) is 17.0 Å². The van der Waals surface area contributed by atoms with Gasteiger partial charge < -0.3 is 10.4 Å². The number of nitrogens with one attached hydrogen (secondary N) is 1. The predicted molar refractivity (Wildman–Crippen MR) is 78.0 cm³/mol. The highest BCUT2D eigenvalue weighted by atomic mass is 32.2. The van der Waals surface area contributed by atoms with Gasteiger partial charge in [-0.2, -0.15) is 0 Å². The normalized spacial score (nSPS) is 12.5. The lowest BCUT2D eigenvalue weighted by Gasteiger charge is -2.15. The Kier molecular flexibility index (Phi) is 5.26. The van der Waals surface area contributed by atoms with Gasteiger partial charge in [0.15, 0.2) is 9.84 Å². The van der Waals surface area contributed by atoms with Crippen LogP contribution in [0.3, 0.4) is 0 Å². The molecule has 0 aliphatic carbocycles. The number of rotatable bonds is 6. The van der Waals surface area contributed by atoms with Crippen LogP contribution < -0.4 is 5.32 Å². The fourth-order valence-corrected chi connectivity index (χ4v) is 3.24. The molecule has 2 N–H and O–H groups in total. The number of aromatic carboxylic acids is 1. The summed E-state index contributed by atoms with van der Waals surface area (Å²) in [6.45, 7) is 6.40. The molecule has 0 bridgehead atoms. The maximum Gasteiger partial charge on any atom is 0.335 e. The SMILES string of the molecule is C=CCNC(=O)C(C)S(=O)(=O)c1cc(C(=O)O)ccc1C. The van der Waals surface area contributed by atoms with E-state index in [1.807, 2.05) is 0 Å². The average molecular weight is 311 g/mol. The number of benzene rings is 1. The minimum Gasteiger partial charge on any atom is -0.478 e.